The molecule has 0 aliphatic carbocycles. The fourth-order valence-electron chi connectivity index (χ4n) is 2.03. The molecule has 2 heterocycles. The van der Waals surface area contributed by atoms with Gasteiger partial charge in [0.2, 0.25) is 0 Å². The smallest absolute Gasteiger partial charge is 0.337 e. The van der Waals surface area contributed by atoms with Crippen molar-refractivity contribution >= 4 is 21.5 Å². The molecule has 1 saturated heterocycles. The molecule has 18 heavy (non-hydrogen) atoms. The third-order valence-corrected chi connectivity index (χ3v) is 5.31. The number of hydrogen-bond donors (Lipinski definition) is 2. The van der Waals surface area contributed by atoms with Gasteiger partial charge in [0, 0.05) is 12.7 Å². The molecule has 1 atom stereocenters. The standard InChI is InChI=1S/C11H14N2O4S/c14-11(15)9-3-4-12-7-10(9)13-6-8-2-1-5-18(8,16)17/h3-4,7-8,13H,1-2,5-6H2,(H,14,15). The van der Waals surface area contributed by atoms with Crippen LogP contribution < -0.4 is 5.32 Å². The second-order valence-electron chi connectivity index (χ2n) is 4.24. The van der Waals surface area contributed by atoms with Gasteiger partial charge in [-0.25, -0.2) is 13.2 Å². The zero-order valence-electron chi connectivity index (χ0n) is 9.67. The summed E-state index contributed by atoms with van der Waals surface area (Å²) in [7, 11) is -3.02. The predicted octanol–water partition coefficient (Wildman–Crippen LogP) is 0.769. The van der Waals surface area contributed by atoms with E-state index in [0.29, 0.717) is 18.5 Å². The van der Waals surface area contributed by atoms with Gasteiger partial charge in [-0.05, 0) is 18.9 Å². The van der Waals surface area contributed by atoms with Gasteiger partial charge < -0.3 is 10.4 Å². The van der Waals surface area contributed by atoms with E-state index < -0.39 is 21.1 Å². The third kappa shape index (κ3) is 2.61. The minimum atomic E-state index is -3.02. The number of aromatic nitrogens is 1. The maximum atomic E-state index is 11.6. The SMILES string of the molecule is O=C(O)c1ccncc1NCC1CCCS1(=O)=O. The molecule has 0 bridgehead atoms. The van der Waals surface area contributed by atoms with E-state index in [9.17, 15) is 13.2 Å². The van der Waals surface area contributed by atoms with Crippen LogP contribution in [0.4, 0.5) is 5.69 Å². The van der Waals surface area contributed by atoms with Crippen molar-refractivity contribution in [3.05, 3.63) is 24.0 Å². The fourth-order valence-corrected chi connectivity index (χ4v) is 3.80. The summed E-state index contributed by atoms with van der Waals surface area (Å²) in [6, 6.07) is 1.38. The Balaban J connectivity index is 2.09. The molecular formula is C11H14N2O4S. The normalized spacial score (nSPS) is 21.7. The van der Waals surface area contributed by atoms with Crippen LogP contribution in [-0.2, 0) is 9.84 Å². The highest BCUT2D eigenvalue weighted by Gasteiger charge is 2.31. The molecule has 0 amide bonds. The Bertz CT molecular complexity index is 556. The van der Waals surface area contributed by atoms with Gasteiger partial charge in [-0.15, -0.1) is 0 Å². The highest BCUT2D eigenvalue weighted by Crippen LogP contribution is 2.21. The second-order valence-corrected chi connectivity index (χ2v) is 6.64. The van der Waals surface area contributed by atoms with Crippen molar-refractivity contribution < 1.29 is 18.3 Å². The molecule has 7 heteroatoms. The second kappa shape index (κ2) is 4.93. The molecule has 6 nitrogen and oxygen atoms in total. The molecule has 1 aromatic rings. The van der Waals surface area contributed by atoms with Crippen molar-refractivity contribution in [2.75, 3.05) is 17.6 Å². The highest BCUT2D eigenvalue weighted by molar-refractivity contribution is 7.92. The Labute approximate surface area is 105 Å². The molecule has 0 spiro atoms. The first-order chi connectivity index (χ1) is 8.50. The van der Waals surface area contributed by atoms with Crippen molar-refractivity contribution in [2.45, 2.75) is 18.1 Å². The quantitative estimate of drug-likeness (QED) is 0.838. The van der Waals surface area contributed by atoms with Gasteiger partial charge in [-0.1, -0.05) is 0 Å². The van der Waals surface area contributed by atoms with Crippen LogP contribution in [0, 0.1) is 0 Å². The van der Waals surface area contributed by atoms with Crippen LogP contribution in [0.15, 0.2) is 18.5 Å². The number of hydrogen-bond acceptors (Lipinski definition) is 5. The Hall–Kier alpha value is -1.63. The molecule has 1 aliphatic heterocycles. The first kappa shape index (κ1) is 12.8. The summed E-state index contributed by atoms with van der Waals surface area (Å²) >= 11 is 0. The number of nitrogens with one attached hydrogen (secondary N) is 1. The Morgan fingerprint density at radius 3 is 2.94 bits per heavy atom. The first-order valence-electron chi connectivity index (χ1n) is 5.63. The zero-order valence-corrected chi connectivity index (χ0v) is 10.5. The van der Waals surface area contributed by atoms with Gasteiger partial charge in [-0.3, -0.25) is 4.98 Å². The van der Waals surface area contributed by atoms with Crippen LogP contribution in [0.5, 0.6) is 0 Å². The van der Waals surface area contributed by atoms with E-state index >= 15 is 0 Å². The molecule has 1 unspecified atom stereocenters. The molecule has 0 saturated carbocycles. The van der Waals surface area contributed by atoms with Crippen molar-refractivity contribution in [3.63, 3.8) is 0 Å². The fraction of sp³-hybridized carbons (Fsp3) is 0.455. The van der Waals surface area contributed by atoms with Gasteiger partial charge in [0.1, 0.15) is 0 Å². The van der Waals surface area contributed by atoms with E-state index in [1.807, 2.05) is 0 Å². The Morgan fingerprint density at radius 2 is 2.33 bits per heavy atom. The summed E-state index contributed by atoms with van der Waals surface area (Å²) in [4.78, 5) is 14.8. The summed E-state index contributed by atoms with van der Waals surface area (Å²) in [6.07, 6.45) is 4.08. The lowest BCUT2D eigenvalue weighted by Crippen LogP contribution is -2.25. The van der Waals surface area contributed by atoms with Crippen molar-refractivity contribution in [2.24, 2.45) is 0 Å². The number of carboxylic acids is 1. The summed E-state index contributed by atoms with van der Waals surface area (Å²) in [6.45, 7) is 0.230. The molecule has 0 aromatic carbocycles. The molecule has 0 radical (unpaired) electrons. The highest BCUT2D eigenvalue weighted by atomic mass is 32.2. The molecule has 98 valence electrons. The zero-order chi connectivity index (χ0) is 13.2. The Kier molecular flexibility index (Phi) is 3.51. The molecule has 2 N–H and O–H groups in total. The molecule has 1 fully saturated rings. The number of sulfone groups is 1. The lowest BCUT2D eigenvalue weighted by molar-refractivity contribution is 0.0698. The number of carboxylic acid groups (broad SMARTS) is 1. The van der Waals surface area contributed by atoms with E-state index in [2.05, 4.69) is 10.3 Å². The summed E-state index contributed by atoms with van der Waals surface area (Å²) in [5, 5.41) is 11.4. The third-order valence-electron chi connectivity index (χ3n) is 3.03. The van der Waals surface area contributed by atoms with Gasteiger partial charge in [0.05, 0.1) is 28.5 Å². The van der Waals surface area contributed by atoms with Crippen LogP contribution in [0.1, 0.15) is 23.2 Å². The van der Waals surface area contributed by atoms with E-state index in [4.69, 9.17) is 5.11 Å². The Morgan fingerprint density at radius 1 is 1.56 bits per heavy atom. The van der Waals surface area contributed by atoms with E-state index in [-0.39, 0.29) is 17.9 Å². The van der Waals surface area contributed by atoms with E-state index in [0.717, 1.165) is 0 Å². The van der Waals surface area contributed by atoms with E-state index in [1.165, 1.54) is 18.5 Å². The van der Waals surface area contributed by atoms with Crippen LogP contribution in [0.3, 0.4) is 0 Å². The van der Waals surface area contributed by atoms with Crippen LogP contribution in [-0.4, -0.2) is 42.0 Å². The van der Waals surface area contributed by atoms with Crippen LogP contribution >= 0.6 is 0 Å². The minimum absolute atomic E-state index is 0.0976. The van der Waals surface area contributed by atoms with Gasteiger partial charge in [-0.2, -0.15) is 0 Å². The predicted molar refractivity (Wildman–Crippen MR) is 66.5 cm³/mol. The van der Waals surface area contributed by atoms with E-state index in [1.54, 1.807) is 0 Å². The summed E-state index contributed by atoms with van der Waals surface area (Å²) in [5.41, 5.74) is 0.451. The molecule has 1 aromatic heterocycles. The van der Waals surface area contributed by atoms with Gasteiger partial charge in [0.25, 0.3) is 0 Å². The van der Waals surface area contributed by atoms with Crippen LogP contribution in [0.25, 0.3) is 0 Å². The maximum absolute atomic E-state index is 11.6. The van der Waals surface area contributed by atoms with Gasteiger partial charge >= 0.3 is 5.97 Å². The number of pyridine rings is 1. The van der Waals surface area contributed by atoms with Crippen molar-refractivity contribution in [3.8, 4) is 0 Å². The van der Waals surface area contributed by atoms with Crippen molar-refractivity contribution in [1.29, 1.82) is 0 Å². The molecular weight excluding hydrogens is 256 g/mol. The lowest BCUT2D eigenvalue weighted by Gasteiger charge is -2.13. The molecule has 2 rings (SSSR count). The minimum Gasteiger partial charge on any atom is -0.478 e. The average Bonchev–Trinajstić information content (AvgIpc) is 2.66. The maximum Gasteiger partial charge on any atom is 0.337 e. The largest absolute Gasteiger partial charge is 0.478 e. The lowest BCUT2D eigenvalue weighted by atomic mass is 10.2. The summed E-state index contributed by atoms with van der Waals surface area (Å²) < 4.78 is 23.3. The topological polar surface area (TPSA) is 96.4 Å². The number of aromatic carboxylic acids is 1. The first-order valence-corrected chi connectivity index (χ1v) is 7.35. The molecule has 1 aliphatic rings. The summed E-state index contributed by atoms with van der Waals surface area (Å²) in [5.74, 6) is -0.841. The van der Waals surface area contributed by atoms with Gasteiger partial charge in [0.15, 0.2) is 9.84 Å². The monoisotopic (exact) mass is 270 g/mol. The average molecular weight is 270 g/mol. The van der Waals surface area contributed by atoms with Crippen LogP contribution in [0.2, 0.25) is 0 Å². The number of carbonyl (C=O) groups is 1. The number of rotatable bonds is 4. The number of anilines is 1. The number of nitrogens with zero attached hydrogens (tertiary/aromatic N) is 1. The van der Waals surface area contributed by atoms with Crippen molar-refractivity contribution in [1.82, 2.24) is 4.98 Å².